The summed E-state index contributed by atoms with van der Waals surface area (Å²) in [5.41, 5.74) is 4.15. The van der Waals surface area contributed by atoms with Crippen molar-refractivity contribution in [1.82, 2.24) is 15.6 Å². The Bertz CT molecular complexity index is 168. The molecule has 0 unspecified atom stereocenters. The summed E-state index contributed by atoms with van der Waals surface area (Å²) in [6.07, 6.45) is 3.33. The smallest absolute Gasteiger partial charge is 0.0390 e. The summed E-state index contributed by atoms with van der Waals surface area (Å²) >= 11 is 0. The Kier molecular flexibility index (Phi) is 9.52. The first-order valence-electron chi connectivity index (χ1n) is 5.79. The summed E-state index contributed by atoms with van der Waals surface area (Å²) in [6.45, 7) is 5.41. The standard InChI is InChI=1S/C11H26N4/c1-5-6-11(14-13-3)7-9-15(4)10-8-12-2/h12-13H,5-10H2,1-4H3/b14-11-. The molecule has 90 valence electrons. The Labute approximate surface area is 94.1 Å². The van der Waals surface area contributed by atoms with Crippen molar-refractivity contribution in [3.63, 3.8) is 0 Å². The summed E-state index contributed by atoms with van der Waals surface area (Å²) in [5.74, 6) is 0. The fraction of sp³-hybridized carbons (Fsp3) is 0.909. The molecular formula is C11H26N4. The average Bonchev–Trinajstić information content (AvgIpc) is 2.23. The molecule has 0 aliphatic carbocycles. The number of hydrazone groups is 1. The SMILES string of the molecule is CCC/C(CCN(C)CCNC)=N/NC. The second kappa shape index (κ2) is 9.93. The molecular weight excluding hydrogens is 188 g/mol. The highest BCUT2D eigenvalue weighted by Crippen LogP contribution is 1.98. The maximum Gasteiger partial charge on any atom is 0.0390 e. The molecule has 0 amide bonds. The van der Waals surface area contributed by atoms with E-state index in [9.17, 15) is 0 Å². The molecule has 0 aromatic carbocycles. The van der Waals surface area contributed by atoms with Gasteiger partial charge in [-0.25, -0.2) is 0 Å². The maximum atomic E-state index is 4.29. The van der Waals surface area contributed by atoms with E-state index in [0.717, 1.165) is 32.5 Å². The molecule has 0 saturated carbocycles. The molecule has 2 N–H and O–H groups in total. The number of hydrogen-bond acceptors (Lipinski definition) is 4. The molecule has 0 aliphatic heterocycles. The van der Waals surface area contributed by atoms with Crippen molar-refractivity contribution >= 4 is 5.71 Å². The highest BCUT2D eigenvalue weighted by molar-refractivity contribution is 5.84. The second-order valence-electron chi connectivity index (χ2n) is 3.81. The number of hydrogen-bond donors (Lipinski definition) is 2. The van der Waals surface area contributed by atoms with E-state index in [0.29, 0.717) is 0 Å². The predicted molar refractivity (Wildman–Crippen MR) is 67.4 cm³/mol. The normalized spacial score (nSPS) is 12.2. The van der Waals surface area contributed by atoms with Gasteiger partial charge in [0, 0.05) is 38.8 Å². The number of likely N-dealkylation sites (N-methyl/N-ethyl adjacent to an activating group) is 2. The van der Waals surface area contributed by atoms with Crippen LogP contribution in [0.3, 0.4) is 0 Å². The van der Waals surface area contributed by atoms with E-state index < -0.39 is 0 Å². The van der Waals surface area contributed by atoms with Gasteiger partial charge in [-0.2, -0.15) is 5.10 Å². The maximum absolute atomic E-state index is 4.29. The first kappa shape index (κ1) is 14.4. The van der Waals surface area contributed by atoms with Crippen molar-refractivity contribution in [2.45, 2.75) is 26.2 Å². The van der Waals surface area contributed by atoms with Gasteiger partial charge in [-0.15, -0.1) is 0 Å². The molecule has 0 rings (SSSR count). The lowest BCUT2D eigenvalue weighted by Crippen LogP contribution is -2.29. The third-order valence-corrected chi connectivity index (χ3v) is 2.33. The van der Waals surface area contributed by atoms with Gasteiger partial charge in [-0.05, 0) is 20.5 Å². The van der Waals surface area contributed by atoms with Crippen molar-refractivity contribution in [2.75, 3.05) is 40.8 Å². The van der Waals surface area contributed by atoms with E-state index in [-0.39, 0.29) is 0 Å². The number of nitrogens with zero attached hydrogens (tertiary/aromatic N) is 2. The molecule has 0 aromatic rings. The Morgan fingerprint density at radius 2 is 1.93 bits per heavy atom. The zero-order valence-electron chi connectivity index (χ0n) is 10.6. The van der Waals surface area contributed by atoms with Crippen molar-refractivity contribution in [1.29, 1.82) is 0 Å². The van der Waals surface area contributed by atoms with E-state index >= 15 is 0 Å². The largest absolute Gasteiger partial charge is 0.318 e. The minimum absolute atomic E-state index is 1.04. The van der Waals surface area contributed by atoms with Gasteiger partial charge < -0.3 is 15.6 Å². The molecule has 0 saturated heterocycles. The van der Waals surface area contributed by atoms with Crippen molar-refractivity contribution in [3.8, 4) is 0 Å². The Hall–Kier alpha value is -0.610. The zero-order valence-corrected chi connectivity index (χ0v) is 10.6. The Morgan fingerprint density at radius 3 is 2.47 bits per heavy atom. The van der Waals surface area contributed by atoms with Gasteiger partial charge in [0.05, 0.1) is 0 Å². The van der Waals surface area contributed by atoms with Crippen LogP contribution in [0.15, 0.2) is 5.10 Å². The van der Waals surface area contributed by atoms with Crippen LogP contribution in [0.25, 0.3) is 0 Å². The van der Waals surface area contributed by atoms with E-state index in [1.807, 2.05) is 14.1 Å². The molecule has 0 radical (unpaired) electrons. The second-order valence-corrected chi connectivity index (χ2v) is 3.81. The molecule has 0 heterocycles. The lowest BCUT2D eigenvalue weighted by Gasteiger charge is -2.16. The van der Waals surface area contributed by atoms with Gasteiger partial charge in [0.15, 0.2) is 0 Å². The Morgan fingerprint density at radius 1 is 1.20 bits per heavy atom. The number of rotatable bonds is 9. The molecule has 0 bridgehead atoms. The average molecular weight is 214 g/mol. The van der Waals surface area contributed by atoms with Crippen LogP contribution < -0.4 is 10.7 Å². The van der Waals surface area contributed by atoms with E-state index in [1.165, 1.54) is 12.1 Å². The first-order valence-corrected chi connectivity index (χ1v) is 5.79. The molecule has 4 nitrogen and oxygen atoms in total. The predicted octanol–water partition coefficient (Wildman–Crippen LogP) is 0.903. The third kappa shape index (κ3) is 8.39. The monoisotopic (exact) mass is 214 g/mol. The minimum Gasteiger partial charge on any atom is -0.318 e. The summed E-state index contributed by atoms with van der Waals surface area (Å²) in [5, 5.41) is 7.44. The van der Waals surface area contributed by atoms with Gasteiger partial charge in [0.25, 0.3) is 0 Å². The molecule has 0 aliphatic rings. The quantitative estimate of drug-likeness (QED) is 0.442. The van der Waals surface area contributed by atoms with Crippen LogP contribution in [0.2, 0.25) is 0 Å². The minimum atomic E-state index is 1.04. The molecule has 0 atom stereocenters. The van der Waals surface area contributed by atoms with Crippen LogP contribution in [0, 0.1) is 0 Å². The summed E-state index contributed by atoms with van der Waals surface area (Å²) < 4.78 is 0. The van der Waals surface area contributed by atoms with Gasteiger partial charge >= 0.3 is 0 Å². The fourth-order valence-corrected chi connectivity index (χ4v) is 1.42. The van der Waals surface area contributed by atoms with Crippen LogP contribution in [0.5, 0.6) is 0 Å². The van der Waals surface area contributed by atoms with Crippen LogP contribution in [0.4, 0.5) is 0 Å². The van der Waals surface area contributed by atoms with Gasteiger partial charge in [-0.1, -0.05) is 13.3 Å². The molecule has 0 spiro atoms. The fourth-order valence-electron chi connectivity index (χ4n) is 1.42. The topological polar surface area (TPSA) is 39.7 Å². The highest BCUT2D eigenvalue weighted by atomic mass is 15.3. The molecule has 15 heavy (non-hydrogen) atoms. The lowest BCUT2D eigenvalue weighted by atomic mass is 10.1. The summed E-state index contributed by atoms with van der Waals surface area (Å²) in [7, 11) is 6.00. The van der Waals surface area contributed by atoms with Gasteiger partial charge in [-0.3, -0.25) is 0 Å². The summed E-state index contributed by atoms with van der Waals surface area (Å²) in [6, 6.07) is 0. The van der Waals surface area contributed by atoms with Crippen molar-refractivity contribution in [2.24, 2.45) is 5.10 Å². The molecule has 4 heteroatoms. The van der Waals surface area contributed by atoms with Crippen LogP contribution in [-0.2, 0) is 0 Å². The number of nitrogens with one attached hydrogen (secondary N) is 2. The lowest BCUT2D eigenvalue weighted by molar-refractivity contribution is 0.344. The van der Waals surface area contributed by atoms with Gasteiger partial charge in [0.2, 0.25) is 0 Å². The Balaban J connectivity index is 3.73. The highest BCUT2D eigenvalue weighted by Gasteiger charge is 2.02. The van der Waals surface area contributed by atoms with Crippen molar-refractivity contribution < 1.29 is 0 Å². The van der Waals surface area contributed by atoms with Crippen LogP contribution >= 0.6 is 0 Å². The van der Waals surface area contributed by atoms with E-state index in [2.05, 4.69) is 34.7 Å². The van der Waals surface area contributed by atoms with Gasteiger partial charge in [0.1, 0.15) is 0 Å². The molecule has 0 aromatic heterocycles. The summed E-state index contributed by atoms with van der Waals surface area (Å²) in [4.78, 5) is 2.33. The van der Waals surface area contributed by atoms with Crippen molar-refractivity contribution in [3.05, 3.63) is 0 Å². The first-order chi connectivity index (χ1) is 7.24. The van der Waals surface area contributed by atoms with E-state index in [4.69, 9.17) is 0 Å². The third-order valence-electron chi connectivity index (χ3n) is 2.33. The van der Waals surface area contributed by atoms with E-state index in [1.54, 1.807) is 0 Å². The van der Waals surface area contributed by atoms with Crippen LogP contribution in [0.1, 0.15) is 26.2 Å². The van der Waals surface area contributed by atoms with Crippen LogP contribution in [-0.4, -0.2) is 51.4 Å². The zero-order chi connectivity index (χ0) is 11.5. The molecule has 0 fully saturated rings.